The molecule has 3 N–H and O–H groups in total. The number of anilines is 1. The molecular formula is C13H23N3O5S2. The van der Waals surface area contributed by atoms with E-state index in [2.05, 4.69) is 14.8 Å². The van der Waals surface area contributed by atoms with E-state index in [-0.39, 0.29) is 28.6 Å². The molecule has 1 aromatic carbocycles. The zero-order chi connectivity index (χ0) is 17.5. The lowest BCUT2D eigenvalue weighted by molar-refractivity contribution is 0.402. The second-order valence-corrected chi connectivity index (χ2v) is 8.37. The Bertz CT molecular complexity index is 717. The fraction of sp³-hybridized carbons (Fsp3) is 0.538. The molecule has 0 unspecified atom stereocenters. The van der Waals surface area contributed by atoms with Gasteiger partial charge in [0.15, 0.2) is 0 Å². The first kappa shape index (κ1) is 19.7. The van der Waals surface area contributed by atoms with E-state index in [9.17, 15) is 16.8 Å². The van der Waals surface area contributed by atoms with Crippen molar-refractivity contribution in [3.63, 3.8) is 0 Å². The second kappa shape index (κ2) is 8.48. The van der Waals surface area contributed by atoms with Gasteiger partial charge in [0.05, 0.1) is 18.6 Å². The lowest BCUT2D eigenvalue weighted by atomic mass is 10.3. The molecule has 0 radical (unpaired) electrons. The summed E-state index contributed by atoms with van der Waals surface area (Å²) in [6.07, 6.45) is 0. The Morgan fingerprint density at radius 3 is 2.35 bits per heavy atom. The maximum Gasteiger partial charge on any atom is 0.244 e. The van der Waals surface area contributed by atoms with Crippen molar-refractivity contribution in [1.82, 2.24) is 10.0 Å². The normalized spacial score (nSPS) is 12.1. The minimum atomic E-state index is -3.74. The minimum absolute atomic E-state index is 0.0454. The monoisotopic (exact) mass is 365 g/mol. The van der Waals surface area contributed by atoms with Crippen molar-refractivity contribution in [2.75, 3.05) is 37.2 Å². The van der Waals surface area contributed by atoms with Gasteiger partial charge in [-0.25, -0.2) is 21.6 Å². The van der Waals surface area contributed by atoms with E-state index in [0.717, 1.165) is 6.54 Å². The highest BCUT2D eigenvalue weighted by Crippen LogP contribution is 2.27. The predicted molar refractivity (Wildman–Crippen MR) is 89.8 cm³/mol. The molecule has 0 spiro atoms. The van der Waals surface area contributed by atoms with Crippen LogP contribution in [0, 0.1) is 0 Å². The van der Waals surface area contributed by atoms with Crippen molar-refractivity contribution in [3.05, 3.63) is 18.2 Å². The Kier molecular flexibility index (Phi) is 7.26. The van der Waals surface area contributed by atoms with E-state index >= 15 is 0 Å². The first-order chi connectivity index (χ1) is 10.8. The number of benzene rings is 1. The molecule has 10 heteroatoms. The smallest absolute Gasteiger partial charge is 0.244 e. The molecule has 0 bridgehead atoms. The van der Waals surface area contributed by atoms with Gasteiger partial charge in [-0.1, -0.05) is 6.92 Å². The molecule has 0 fully saturated rings. The van der Waals surface area contributed by atoms with Gasteiger partial charge in [0.2, 0.25) is 20.0 Å². The van der Waals surface area contributed by atoms with E-state index in [4.69, 9.17) is 4.74 Å². The molecule has 1 aromatic rings. The van der Waals surface area contributed by atoms with Gasteiger partial charge in [-0.2, -0.15) is 0 Å². The molecule has 132 valence electrons. The summed E-state index contributed by atoms with van der Waals surface area (Å²) in [7, 11) is -5.86. The van der Waals surface area contributed by atoms with E-state index in [1.54, 1.807) is 0 Å². The predicted octanol–water partition coefficient (Wildman–Crippen LogP) is 0.345. The molecule has 0 aliphatic carbocycles. The van der Waals surface area contributed by atoms with Gasteiger partial charge in [-0.05, 0) is 25.6 Å². The standard InChI is InChI=1S/C13H23N3O5S2/c1-4-14-8-9-15-23(19,20)13-7-6-11(10-12(13)21-3)16-22(17,18)5-2/h6-7,10,14-16H,4-5,8-9H2,1-3H3. The third-order valence-electron chi connectivity index (χ3n) is 2.95. The van der Waals surface area contributed by atoms with Gasteiger partial charge < -0.3 is 10.1 Å². The summed E-state index contributed by atoms with van der Waals surface area (Å²) in [6.45, 7) is 4.92. The van der Waals surface area contributed by atoms with Crippen LogP contribution >= 0.6 is 0 Å². The number of hydrogen-bond donors (Lipinski definition) is 3. The van der Waals surface area contributed by atoms with Crippen LogP contribution in [0.2, 0.25) is 0 Å². The Morgan fingerprint density at radius 2 is 1.78 bits per heavy atom. The molecule has 0 atom stereocenters. The quantitative estimate of drug-likeness (QED) is 0.516. The van der Waals surface area contributed by atoms with Crippen LogP contribution in [0.25, 0.3) is 0 Å². The molecule has 1 rings (SSSR count). The number of methoxy groups -OCH3 is 1. The number of nitrogens with one attached hydrogen (secondary N) is 3. The zero-order valence-corrected chi connectivity index (χ0v) is 15.1. The largest absolute Gasteiger partial charge is 0.495 e. The van der Waals surface area contributed by atoms with Crippen LogP contribution < -0.4 is 19.5 Å². The number of ether oxygens (including phenoxy) is 1. The van der Waals surface area contributed by atoms with Crippen molar-refractivity contribution in [2.45, 2.75) is 18.7 Å². The van der Waals surface area contributed by atoms with E-state index in [1.165, 1.54) is 32.2 Å². The van der Waals surface area contributed by atoms with Crippen molar-refractivity contribution >= 4 is 25.7 Å². The fourth-order valence-corrected chi connectivity index (χ4v) is 3.54. The first-order valence-corrected chi connectivity index (χ1v) is 10.3. The number of rotatable bonds is 10. The lowest BCUT2D eigenvalue weighted by Gasteiger charge is -2.13. The zero-order valence-electron chi connectivity index (χ0n) is 13.4. The summed E-state index contributed by atoms with van der Waals surface area (Å²) in [4.78, 5) is -0.0454. The molecule has 23 heavy (non-hydrogen) atoms. The van der Waals surface area contributed by atoms with Crippen LogP contribution in [0.5, 0.6) is 5.75 Å². The van der Waals surface area contributed by atoms with E-state index in [0.29, 0.717) is 6.54 Å². The molecule has 8 nitrogen and oxygen atoms in total. The second-order valence-electron chi connectivity index (χ2n) is 4.62. The van der Waals surface area contributed by atoms with Crippen molar-refractivity contribution in [3.8, 4) is 5.75 Å². The molecule has 0 saturated heterocycles. The highest BCUT2D eigenvalue weighted by atomic mass is 32.2. The summed E-state index contributed by atoms with van der Waals surface area (Å²) in [5.74, 6) is -0.0151. The van der Waals surface area contributed by atoms with Gasteiger partial charge >= 0.3 is 0 Å². The van der Waals surface area contributed by atoms with Crippen molar-refractivity contribution in [2.24, 2.45) is 0 Å². The van der Waals surface area contributed by atoms with Gasteiger partial charge in [0, 0.05) is 19.2 Å². The maximum atomic E-state index is 12.3. The third kappa shape index (κ3) is 5.98. The summed E-state index contributed by atoms with van der Waals surface area (Å²) < 4.78 is 57.5. The SMILES string of the molecule is CCNCCNS(=O)(=O)c1ccc(NS(=O)(=O)CC)cc1OC. The summed E-state index contributed by atoms with van der Waals surface area (Å²) >= 11 is 0. The Morgan fingerprint density at radius 1 is 1.09 bits per heavy atom. The third-order valence-corrected chi connectivity index (χ3v) is 5.76. The Balaban J connectivity index is 2.99. The highest BCUT2D eigenvalue weighted by molar-refractivity contribution is 7.92. The Hall–Kier alpha value is -1.36. The molecule has 0 amide bonds. The van der Waals surface area contributed by atoms with Crippen LogP contribution in [0.3, 0.4) is 0 Å². The van der Waals surface area contributed by atoms with Crippen LogP contribution in [0.15, 0.2) is 23.1 Å². The molecule has 0 aliphatic rings. The Labute approximate surface area is 137 Å². The molecule has 0 aliphatic heterocycles. The van der Waals surface area contributed by atoms with Crippen LogP contribution in [0.1, 0.15) is 13.8 Å². The van der Waals surface area contributed by atoms with Crippen LogP contribution in [-0.4, -0.2) is 49.3 Å². The molecular weight excluding hydrogens is 342 g/mol. The maximum absolute atomic E-state index is 12.3. The lowest BCUT2D eigenvalue weighted by Crippen LogP contribution is -2.32. The fourth-order valence-electron chi connectivity index (χ4n) is 1.73. The minimum Gasteiger partial charge on any atom is -0.495 e. The van der Waals surface area contributed by atoms with Crippen molar-refractivity contribution in [1.29, 1.82) is 0 Å². The number of sulfonamides is 2. The number of likely N-dealkylation sites (N-methyl/N-ethyl adjacent to an activating group) is 1. The van der Waals surface area contributed by atoms with Gasteiger partial charge in [-0.15, -0.1) is 0 Å². The molecule has 0 saturated carbocycles. The van der Waals surface area contributed by atoms with Crippen LogP contribution in [0.4, 0.5) is 5.69 Å². The summed E-state index contributed by atoms with van der Waals surface area (Å²) in [6, 6.07) is 4.03. The average Bonchev–Trinajstić information content (AvgIpc) is 2.51. The van der Waals surface area contributed by atoms with E-state index < -0.39 is 20.0 Å². The summed E-state index contributed by atoms with van der Waals surface area (Å²) in [5, 5.41) is 3.01. The molecule has 0 aromatic heterocycles. The number of hydrogen-bond acceptors (Lipinski definition) is 6. The average molecular weight is 365 g/mol. The van der Waals surface area contributed by atoms with Gasteiger partial charge in [-0.3, -0.25) is 4.72 Å². The molecule has 0 heterocycles. The topological polar surface area (TPSA) is 114 Å². The summed E-state index contributed by atoms with van der Waals surface area (Å²) in [5.41, 5.74) is 0.246. The highest BCUT2D eigenvalue weighted by Gasteiger charge is 2.20. The van der Waals surface area contributed by atoms with Crippen molar-refractivity contribution < 1.29 is 21.6 Å². The first-order valence-electron chi connectivity index (χ1n) is 7.14. The van der Waals surface area contributed by atoms with Gasteiger partial charge in [0.25, 0.3) is 0 Å². The van der Waals surface area contributed by atoms with Crippen LogP contribution in [-0.2, 0) is 20.0 Å². The van der Waals surface area contributed by atoms with E-state index in [1.807, 2.05) is 6.92 Å². The van der Waals surface area contributed by atoms with Gasteiger partial charge in [0.1, 0.15) is 10.6 Å².